The smallest absolute Gasteiger partial charge is 0.256 e. The van der Waals surface area contributed by atoms with Crippen LogP contribution in [-0.2, 0) is 9.59 Å². The second-order valence-corrected chi connectivity index (χ2v) is 15.6. The number of carbonyl (C=O) groups is 4. The second kappa shape index (κ2) is 20.5. The molecule has 0 unspecified atom stereocenters. The molecule has 2 fully saturated rings. The molecule has 64 heavy (non-hydrogen) atoms. The van der Waals surface area contributed by atoms with Gasteiger partial charge in [-0.1, -0.05) is 0 Å². The number of anilines is 2. The molecule has 2 saturated heterocycles. The Labute approximate surface area is 368 Å². The highest BCUT2D eigenvalue weighted by molar-refractivity contribution is 6.04. The summed E-state index contributed by atoms with van der Waals surface area (Å²) in [6.07, 6.45) is 8.61. The minimum absolute atomic E-state index is 0.0124. The van der Waals surface area contributed by atoms with E-state index in [4.69, 9.17) is 18.9 Å². The highest BCUT2D eigenvalue weighted by Crippen LogP contribution is 2.39. The SMILES string of the molecule is COc1cc2c(cc1OCCCC(=O)Nc1ccc(F)c(C)c1)N=C[C@@H]1CCCN1C2=O.COc1cc2c(cc1OCCCC(=O)Nc1ccc(F)c(F)c1)N=C[C@@H]1CCCN1C2=O. The zero-order valence-corrected chi connectivity index (χ0v) is 35.8. The maximum absolute atomic E-state index is 13.3. The van der Waals surface area contributed by atoms with E-state index in [9.17, 15) is 32.3 Å². The van der Waals surface area contributed by atoms with Gasteiger partial charge in [-0.05, 0) is 93.5 Å². The fourth-order valence-corrected chi connectivity index (χ4v) is 7.81. The molecule has 4 heterocycles. The van der Waals surface area contributed by atoms with Gasteiger partial charge in [0.15, 0.2) is 34.6 Å². The lowest BCUT2D eigenvalue weighted by Crippen LogP contribution is -2.35. The van der Waals surface area contributed by atoms with Gasteiger partial charge in [0.1, 0.15) is 5.82 Å². The molecule has 0 bridgehead atoms. The molecule has 2 N–H and O–H groups in total. The summed E-state index contributed by atoms with van der Waals surface area (Å²) >= 11 is 0. The van der Waals surface area contributed by atoms with Crippen LogP contribution in [0.3, 0.4) is 0 Å². The van der Waals surface area contributed by atoms with E-state index in [2.05, 4.69) is 20.6 Å². The van der Waals surface area contributed by atoms with Crippen LogP contribution >= 0.6 is 0 Å². The van der Waals surface area contributed by atoms with Gasteiger partial charge in [0.05, 0.1) is 62.0 Å². The van der Waals surface area contributed by atoms with Crippen LogP contribution in [-0.4, -0.2) is 98.5 Å². The number of ether oxygens (including phenoxy) is 4. The minimum atomic E-state index is -1.02. The molecule has 336 valence electrons. The Bertz CT molecular complexity index is 2310. The van der Waals surface area contributed by atoms with E-state index in [1.807, 2.05) is 16.0 Å². The van der Waals surface area contributed by atoms with Crippen molar-refractivity contribution in [2.75, 3.05) is 51.2 Å². The molecule has 0 radical (unpaired) electrons. The van der Waals surface area contributed by atoms with Crippen LogP contribution in [0.1, 0.15) is 77.6 Å². The molecule has 4 amide bonds. The van der Waals surface area contributed by atoms with E-state index in [-0.39, 0.29) is 73.3 Å². The number of amides is 4. The maximum Gasteiger partial charge on any atom is 0.256 e. The van der Waals surface area contributed by atoms with Crippen LogP contribution in [0, 0.1) is 24.4 Å². The molecular weight excluding hydrogens is 834 g/mol. The van der Waals surface area contributed by atoms with Crippen molar-refractivity contribution in [1.82, 2.24) is 9.80 Å². The highest BCUT2D eigenvalue weighted by atomic mass is 19.2. The molecule has 0 saturated carbocycles. The number of hydrogen-bond donors (Lipinski definition) is 2. The lowest BCUT2D eigenvalue weighted by atomic mass is 10.1. The Morgan fingerprint density at radius 2 is 1.11 bits per heavy atom. The number of hydrogen-bond acceptors (Lipinski definition) is 10. The normalized spacial score (nSPS) is 16.9. The summed E-state index contributed by atoms with van der Waals surface area (Å²) in [7, 11) is 3.02. The molecular formula is C47H49F3N6O8. The molecule has 0 aliphatic carbocycles. The Morgan fingerprint density at radius 3 is 1.56 bits per heavy atom. The van der Waals surface area contributed by atoms with E-state index in [0.29, 0.717) is 76.1 Å². The van der Waals surface area contributed by atoms with Crippen LogP contribution in [0.25, 0.3) is 0 Å². The van der Waals surface area contributed by atoms with E-state index in [1.165, 1.54) is 32.4 Å². The third-order valence-corrected chi connectivity index (χ3v) is 11.2. The largest absolute Gasteiger partial charge is 0.493 e. The molecule has 4 aromatic rings. The lowest BCUT2D eigenvalue weighted by molar-refractivity contribution is -0.117. The maximum atomic E-state index is 13.3. The number of nitrogens with one attached hydrogen (secondary N) is 2. The van der Waals surface area contributed by atoms with E-state index < -0.39 is 11.6 Å². The number of rotatable bonds is 14. The molecule has 4 aromatic carbocycles. The van der Waals surface area contributed by atoms with Crippen molar-refractivity contribution in [3.8, 4) is 23.0 Å². The van der Waals surface area contributed by atoms with Crippen molar-refractivity contribution >= 4 is 58.8 Å². The first-order valence-electron chi connectivity index (χ1n) is 21.1. The van der Waals surface area contributed by atoms with Crippen molar-refractivity contribution in [3.63, 3.8) is 0 Å². The monoisotopic (exact) mass is 882 g/mol. The summed E-state index contributed by atoms with van der Waals surface area (Å²) in [4.78, 5) is 62.7. The van der Waals surface area contributed by atoms with Gasteiger partial charge in [-0.2, -0.15) is 0 Å². The fourth-order valence-electron chi connectivity index (χ4n) is 7.81. The number of aryl methyl sites for hydroxylation is 1. The first-order chi connectivity index (χ1) is 30.9. The molecule has 17 heteroatoms. The van der Waals surface area contributed by atoms with Gasteiger partial charge in [0, 0.05) is 67.9 Å². The number of carbonyl (C=O) groups excluding carboxylic acids is 4. The predicted molar refractivity (Wildman–Crippen MR) is 235 cm³/mol. The Balaban J connectivity index is 0.000000191. The summed E-state index contributed by atoms with van der Waals surface area (Å²) < 4.78 is 62.0. The quantitative estimate of drug-likeness (QED) is 0.120. The first kappa shape index (κ1) is 45.1. The van der Waals surface area contributed by atoms with E-state index >= 15 is 0 Å². The first-order valence-corrected chi connectivity index (χ1v) is 21.1. The topological polar surface area (TPSA) is 160 Å². The van der Waals surface area contributed by atoms with Crippen molar-refractivity contribution < 1.29 is 51.3 Å². The van der Waals surface area contributed by atoms with Gasteiger partial charge < -0.3 is 39.4 Å². The van der Waals surface area contributed by atoms with Gasteiger partial charge >= 0.3 is 0 Å². The number of fused-ring (bicyclic) bond motifs is 4. The second-order valence-electron chi connectivity index (χ2n) is 15.6. The van der Waals surface area contributed by atoms with Gasteiger partial charge in [-0.3, -0.25) is 29.2 Å². The molecule has 0 spiro atoms. The van der Waals surface area contributed by atoms with E-state index in [0.717, 1.165) is 44.4 Å². The Hall–Kier alpha value is -6.91. The Morgan fingerprint density at radius 1 is 0.641 bits per heavy atom. The minimum Gasteiger partial charge on any atom is -0.493 e. The van der Waals surface area contributed by atoms with Gasteiger partial charge in [-0.15, -0.1) is 0 Å². The Kier molecular flexibility index (Phi) is 14.5. The number of halogens is 3. The van der Waals surface area contributed by atoms with Crippen molar-refractivity contribution in [3.05, 3.63) is 94.8 Å². The van der Waals surface area contributed by atoms with Crippen LogP contribution in [0.15, 0.2) is 70.6 Å². The van der Waals surface area contributed by atoms with Gasteiger partial charge in [0.25, 0.3) is 11.8 Å². The highest BCUT2D eigenvalue weighted by Gasteiger charge is 2.34. The molecule has 8 rings (SSSR count). The summed E-state index contributed by atoms with van der Waals surface area (Å²) in [5.74, 6) is -1.16. The summed E-state index contributed by atoms with van der Waals surface area (Å²) in [5, 5.41) is 5.27. The van der Waals surface area contributed by atoms with Crippen molar-refractivity contribution in [2.24, 2.45) is 9.98 Å². The molecule has 4 aliphatic rings. The number of aliphatic imine (C=N–C) groups is 2. The standard InChI is InChI=1S/C24H26FN3O4.C23H23F2N3O4/c1-15-11-16(7-8-19(15)25)27-23(29)6-4-10-32-22-13-20-18(12-21(22)31-2)24(30)28-9-3-5-17(28)14-26-20;1-31-20-11-16-19(26-13-15-4-2-8-28(15)23(16)30)12-21(20)32-9-3-5-22(29)27-14-6-7-17(24)18(25)10-14/h7-8,11-14,17H,3-6,9-10H2,1-2H3,(H,27,29);6-7,10-13,15H,2-5,8-9H2,1H3,(H,27,29)/t17-;15-/m00/s1. The van der Waals surface area contributed by atoms with E-state index in [1.54, 1.807) is 43.5 Å². The molecule has 0 aromatic heterocycles. The zero-order chi connectivity index (χ0) is 45.3. The van der Waals surface area contributed by atoms with Crippen molar-refractivity contribution in [2.45, 2.75) is 70.4 Å². The summed E-state index contributed by atoms with van der Waals surface area (Å²) in [6.45, 7) is 3.59. The molecule has 4 aliphatic heterocycles. The summed E-state index contributed by atoms with van der Waals surface area (Å²) in [5.41, 5.74) is 3.28. The van der Waals surface area contributed by atoms with Gasteiger partial charge in [0.2, 0.25) is 11.8 Å². The number of nitrogens with zero attached hydrogens (tertiary/aromatic N) is 4. The molecule has 14 nitrogen and oxygen atoms in total. The average molecular weight is 883 g/mol. The van der Waals surface area contributed by atoms with Crippen LogP contribution in [0.4, 0.5) is 35.9 Å². The number of methoxy groups -OCH3 is 2. The average Bonchev–Trinajstić information content (AvgIpc) is 3.92. The van der Waals surface area contributed by atoms with Crippen LogP contribution in [0.5, 0.6) is 23.0 Å². The predicted octanol–water partition coefficient (Wildman–Crippen LogP) is 8.35. The summed E-state index contributed by atoms with van der Waals surface area (Å²) in [6, 6.07) is 14.4. The number of benzene rings is 4. The molecule has 2 atom stereocenters. The third kappa shape index (κ3) is 10.6. The zero-order valence-electron chi connectivity index (χ0n) is 35.8. The lowest BCUT2D eigenvalue weighted by Gasteiger charge is -2.20. The van der Waals surface area contributed by atoms with Crippen LogP contribution in [0.2, 0.25) is 0 Å². The third-order valence-electron chi connectivity index (χ3n) is 11.2. The van der Waals surface area contributed by atoms with Crippen LogP contribution < -0.4 is 29.6 Å². The van der Waals surface area contributed by atoms with Crippen molar-refractivity contribution in [1.29, 1.82) is 0 Å². The fraction of sp³-hybridized carbons (Fsp3) is 0.362. The van der Waals surface area contributed by atoms with Gasteiger partial charge in [-0.25, -0.2) is 13.2 Å².